The van der Waals surface area contributed by atoms with Crippen LogP contribution in [0.2, 0.25) is 0 Å². The summed E-state index contributed by atoms with van der Waals surface area (Å²) in [6, 6.07) is 10.3. The molecule has 2 aromatic heterocycles. The molecule has 0 saturated carbocycles. The van der Waals surface area contributed by atoms with Gasteiger partial charge in [0.15, 0.2) is 35.3 Å². The molecule has 38 heteroatoms. The minimum Gasteiger partial charge on any atom is -0.455 e. The van der Waals surface area contributed by atoms with Crippen LogP contribution in [0.25, 0.3) is 22.5 Å². The molecule has 6 saturated heterocycles. The summed E-state index contributed by atoms with van der Waals surface area (Å²) < 4.78 is 138. The van der Waals surface area contributed by atoms with Crippen LogP contribution in [-0.2, 0) is 99.7 Å². The molecule has 124 heavy (non-hydrogen) atoms. The van der Waals surface area contributed by atoms with Gasteiger partial charge in [-0.2, -0.15) is 4.21 Å². The predicted octanol–water partition coefficient (Wildman–Crippen LogP) is 10.5. The molecule has 6 fully saturated rings. The molecule has 4 aromatic rings. The number of carbonyl (C=O) groups excluding carboxylic acids is 8. The fourth-order valence-corrected chi connectivity index (χ4v) is 19.5. The van der Waals surface area contributed by atoms with Gasteiger partial charge in [0.2, 0.25) is 0 Å². The fourth-order valence-electron chi connectivity index (χ4n) is 19.2. The number of Topliss-reactive ketones (excluding diaryl/α,β-unsaturated/α-hetero) is 4. The number of esters is 2. The highest BCUT2D eigenvalue weighted by Crippen LogP contribution is 2.48. The van der Waals surface area contributed by atoms with E-state index in [2.05, 4.69) is 25.0 Å². The lowest BCUT2D eigenvalue weighted by molar-refractivity contribution is -0.295. The topological polar surface area (TPSA) is 399 Å². The van der Waals surface area contributed by atoms with Crippen molar-refractivity contribution < 1.29 is 117 Å². The summed E-state index contributed by atoms with van der Waals surface area (Å²) in [6.45, 7) is 25.7. The Hall–Kier alpha value is -8.05. The van der Waals surface area contributed by atoms with Gasteiger partial charge in [0.1, 0.15) is 47.4 Å². The largest absolute Gasteiger partial charge is 0.455 e. The third-order valence-corrected chi connectivity index (χ3v) is 26.5. The van der Waals surface area contributed by atoms with Crippen molar-refractivity contribution in [2.24, 2.45) is 39.9 Å². The van der Waals surface area contributed by atoms with E-state index in [1.165, 1.54) is 67.7 Å². The molecular formula is C86H128F4N12O21S. The van der Waals surface area contributed by atoms with E-state index in [4.69, 9.17) is 53.1 Å². The molecule has 0 bridgehead atoms. The second-order valence-electron chi connectivity index (χ2n) is 36.0. The van der Waals surface area contributed by atoms with Gasteiger partial charge in [-0.1, -0.05) is 97.9 Å². The highest BCUT2D eigenvalue weighted by molar-refractivity contribution is 7.83. The SMILES string of the molecule is CC[C@H]1OC(=O)[C@@](C)(F)C(=O)[C@@H](C)[C@@H](O[C@H]2O[C@H](C)C[C@H](N(C)C)[C@H]2O)[C@@](C)(OC)C[C@@H](C)C(=O)[C@H](C)[C@H]2N(CCCCn3cc(-c4cccc(N)c4)nn3)C(=O)O[C@]12C.CC[C@H]1OC(=O)[C@@](C)(F)C(=O)[C@@H](C)[C@@H](O[C@H]2O[C@H](C)C[C@H](N(C)C)[C@H]2O)[C@@](C)(OC)C[C@@H](C)C(=O)[C@H](C)[C@H]2N(CCCCn3cc(-c4cccc(N=S(=O)(F)F)c4)nn3)C(=O)O[C@]12C. The predicted molar refractivity (Wildman–Crippen MR) is 446 cm³/mol. The minimum atomic E-state index is -5.36. The Kier molecular flexibility index (Phi) is 32.2. The van der Waals surface area contributed by atoms with Crippen LogP contribution in [0.15, 0.2) is 65.3 Å². The lowest BCUT2D eigenvalue weighted by Crippen LogP contribution is -2.61. The number of carbonyl (C=O) groups is 8. The molecule has 8 heterocycles. The Bertz CT molecular complexity index is 4560. The number of aliphatic hydroxyl groups excluding tert-OH is 2. The first-order chi connectivity index (χ1) is 57.9. The molecule has 26 atom stereocenters. The van der Waals surface area contributed by atoms with Gasteiger partial charge >= 0.3 is 34.6 Å². The van der Waals surface area contributed by atoms with Crippen LogP contribution < -0.4 is 5.73 Å². The number of likely N-dealkylation sites (N-methyl/N-ethyl adjacent to an activating group) is 2. The molecule has 2 aromatic carbocycles. The van der Waals surface area contributed by atoms with Crippen molar-refractivity contribution in [1.29, 1.82) is 0 Å². The number of anilines is 1. The number of nitrogens with zero attached hydrogens (tertiary/aromatic N) is 11. The number of ketones is 4. The summed E-state index contributed by atoms with van der Waals surface area (Å²) in [6.07, 6.45) is -5.99. The Morgan fingerprint density at radius 3 is 1.29 bits per heavy atom. The van der Waals surface area contributed by atoms with Gasteiger partial charge in [0.05, 0.1) is 65.8 Å². The van der Waals surface area contributed by atoms with Crippen molar-refractivity contribution in [3.63, 3.8) is 0 Å². The zero-order valence-electron chi connectivity index (χ0n) is 75.3. The number of ether oxygens (including phenoxy) is 10. The highest BCUT2D eigenvalue weighted by atomic mass is 32.3. The number of halogens is 4. The summed E-state index contributed by atoms with van der Waals surface area (Å²) in [7, 11) is 4.65. The highest BCUT2D eigenvalue weighted by Gasteiger charge is 2.65. The third-order valence-electron chi connectivity index (χ3n) is 26.1. The van der Waals surface area contributed by atoms with Crippen LogP contribution in [0.4, 0.5) is 37.5 Å². The van der Waals surface area contributed by atoms with E-state index in [1.807, 2.05) is 62.1 Å². The third kappa shape index (κ3) is 21.7. The van der Waals surface area contributed by atoms with Crippen molar-refractivity contribution in [2.45, 2.75) is 307 Å². The van der Waals surface area contributed by atoms with Crippen LogP contribution in [0, 0.1) is 35.5 Å². The summed E-state index contributed by atoms with van der Waals surface area (Å²) in [5.74, 6) is -12.0. The van der Waals surface area contributed by atoms with E-state index in [9.17, 15) is 60.5 Å². The number of cyclic esters (lactones) is 2. The molecular weight excluding hydrogens is 1650 g/mol. The van der Waals surface area contributed by atoms with Crippen molar-refractivity contribution in [1.82, 2.24) is 49.6 Å². The number of aromatic nitrogens is 6. The quantitative estimate of drug-likeness (QED) is 0.0118. The van der Waals surface area contributed by atoms with Gasteiger partial charge in [0.25, 0.3) is 11.3 Å². The van der Waals surface area contributed by atoms with Crippen LogP contribution >= 0.6 is 0 Å². The van der Waals surface area contributed by atoms with Gasteiger partial charge in [-0.15, -0.1) is 14.6 Å². The van der Waals surface area contributed by atoms with E-state index in [1.54, 1.807) is 99.4 Å². The molecule has 2 amide bonds. The maximum Gasteiger partial charge on any atom is 0.410 e. The zero-order valence-corrected chi connectivity index (χ0v) is 76.1. The van der Waals surface area contributed by atoms with Crippen LogP contribution in [0.5, 0.6) is 0 Å². The number of aryl methyl sites for hydroxylation is 2. The Balaban J connectivity index is 0.000000282. The standard InChI is InChI=1S/C43H63F3N6O11S.C43H65FN6O10/c1-12-32-43(8)35(52(40(57)63-43)19-14-13-18-51-23-30(47-49-51)28-16-15-17-29(21-28)48-64(45,46)58)26(4)33(53)24(2)22-41(6,59-11)37(27(5)36(55)42(7,44)39(56)61-32)62-38-34(54)31(50(9)10)20-25(3)60-38;1-12-32-43(8)35(50(40(55)60-43)19-14-13-18-49-23-30(46-47-49)28-16-15-17-29(45)21-28)26(4)33(51)24(2)22-41(6,56-11)37(27(5)36(53)42(7,44)39(54)58-32)59-38-34(52)31(48(9)10)20-25(3)57-38/h15-17,21,23-27,31-32,34-35,37-38,54H,12-14,18-20,22H2,1-11H3;15-17,21,23-27,31-32,34-35,37-38,52H,12-14,18-20,22,45H2,1-11H3/t2*24-,25-,26+,27-,31+,32-,34-,35-,37-,38-,41+,42+,43-/m11/s1. The molecule has 33 nitrogen and oxygen atoms in total. The second-order valence-corrected chi connectivity index (χ2v) is 37.0. The van der Waals surface area contributed by atoms with E-state index >= 15 is 8.78 Å². The number of rotatable bonds is 23. The average Bonchev–Trinajstić information content (AvgIpc) is 1.59. The number of aliphatic hydroxyl groups is 2. The summed E-state index contributed by atoms with van der Waals surface area (Å²) in [4.78, 5) is 120. The van der Waals surface area contributed by atoms with Crippen LogP contribution in [-0.4, -0.2) is 286 Å². The molecule has 6 aliphatic rings. The number of fused-ring (bicyclic) bond motifs is 2. The minimum absolute atomic E-state index is 0.0111. The lowest BCUT2D eigenvalue weighted by Gasteiger charge is -2.47. The number of methoxy groups -OCH3 is 2. The molecule has 692 valence electrons. The molecule has 10 rings (SSSR count). The lowest BCUT2D eigenvalue weighted by atomic mass is 9.73. The maximum absolute atomic E-state index is 16.9. The monoisotopic (exact) mass is 1770 g/mol. The Morgan fingerprint density at radius 2 is 0.935 bits per heavy atom. The van der Waals surface area contributed by atoms with Crippen molar-refractivity contribution >= 4 is 69.1 Å². The van der Waals surface area contributed by atoms with E-state index in [0.717, 1.165) is 19.4 Å². The Labute approximate surface area is 724 Å². The molecule has 0 spiro atoms. The number of nitrogen functional groups attached to an aromatic ring is 1. The van der Waals surface area contributed by atoms with Gasteiger partial charge in [-0.25, -0.2) is 28.0 Å². The van der Waals surface area contributed by atoms with Crippen molar-refractivity contribution in [2.75, 3.05) is 61.2 Å². The molecule has 0 aliphatic carbocycles. The Morgan fingerprint density at radius 1 is 0.565 bits per heavy atom. The molecule has 6 aliphatic heterocycles. The first kappa shape index (κ1) is 99.7. The van der Waals surface area contributed by atoms with Crippen LogP contribution in [0.3, 0.4) is 0 Å². The van der Waals surface area contributed by atoms with Crippen molar-refractivity contribution in [3.05, 3.63) is 60.9 Å². The van der Waals surface area contributed by atoms with Gasteiger partial charge in [-0.3, -0.25) is 28.5 Å². The number of unbranched alkanes of at least 4 members (excludes halogenated alkanes) is 2. The second kappa shape index (κ2) is 40.1. The molecule has 4 N–H and O–H groups in total. The number of alkyl halides is 2. The van der Waals surface area contributed by atoms with Gasteiger partial charge < -0.3 is 82.9 Å². The number of hydrogen-bond donors (Lipinski definition) is 3. The normalized spacial score (nSPS) is 36.4. The van der Waals surface area contributed by atoms with E-state index in [-0.39, 0.29) is 74.3 Å². The van der Waals surface area contributed by atoms with Crippen molar-refractivity contribution in [3.8, 4) is 22.5 Å². The number of nitrogens with two attached hydrogens (primary N) is 1. The molecule has 0 radical (unpaired) electrons. The first-order valence-electron chi connectivity index (χ1n) is 42.7. The summed E-state index contributed by atoms with van der Waals surface area (Å²) in [5, 5.41) is 39.6. The summed E-state index contributed by atoms with van der Waals surface area (Å²) in [5.41, 5.74) is -4.01. The van der Waals surface area contributed by atoms with Gasteiger partial charge in [-0.05, 0) is 172 Å². The first-order valence-corrected chi connectivity index (χ1v) is 44.0. The van der Waals surface area contributed by atoms with E-state index in [0.29, 0.717) is 74.3 Å². The maximum atomic E-state index is 16.9. The van der Waals surface area contributed by atoms with E-state index < -0.39 is 183 Å². The van der Waals surface area contributed by atoms with Crippen LogP contribution in [0.1, 0.15) is 175 Å². The number of benzene rings is 2. The summed E-state index contributed by atoms with van der Waals surface area (Å²) >= 11 is 0. The fraction of sp³-hybridized carbons (Fsp3) is 0.721. The number of amides is 2. The van der Waals surface area contributed by atoms with Gasteiger partial charge in [0, 0.05) is 105 Å². The smallest absolute Gasteiger partial charge is 0.410 e. The molecule has 0 unspecified atom stereocenters. The average molecular weight is 1770 g/mol. The number of hydrogen-bond acceptors (Lipinski definition) is 29. The zero-order chi connectivity index (χ0) is 92.2.